The molecule has 0 N–H and O–H groups in total. The van der Waals surface area contributed by atoms with Crippen LogP contribution in [0.25, 0.3) is 11.3 Å². The van der Waals surface area contributed by atoms with Crippen LogP contribution in [0, 0.1) is 0 Å². The van der Waals surface area contributed by atoms with Gasteiger partial charge >= 0.3 is 6.18 Å². The first-order valence-corrected chi connectivity index (χ1v) is 10.4. The molecule has 0 saturated heterocycles. The summed E-state index contributed by atoms with van der Waals surface area (Å²) in [4.78, 5) is 4.11. The van der Waals surface area contributed by atoms with Crippen molar-refractivity contribution in [3.63, 3.8) is 0 Å². The molecule has 144 valence electrons. The molecule has 0 saturated carbocycles. The van der Waals surface area contributed by atoms with Crippen LogP contribution in [0.3, 0.4) is 0 Å². The first-order valence-electron chi connectivity index (χ1n) is 7.81. The normalized spacial score (nSPS) is 12.7. The molecule has 0 radical (unpaired) electrons. The maximum absolute atomic E-state index is 13.0. The van der Waals surface area contributed by atoms with Crippen molar-refractivity contribution in [3.05, 3.63) is 36.5 Å². The van der Waals surface area contributed by atoms with Crippen molar-refractivity contribution in [1.82, 2.24) is 13.9 Å². The van der Waals surface area contributed by atoms with Crippen molar-refractivity contribution in [2.45, 2.75) is 24.3 Å². The Labute approximate surface area is 155 Å². The lowest BCUT2D eigenvalue weighted by Gasteiger charge is -2.14. The number of sulfonamides is 1. The van der Waals surface area contributed by atoms with Gasteiger partial charge in [0.2, 0.25) is 10.0 Å². The molecule has 0 bridgehead atoms. The SMILES string of the molecule is CN(C)S(=O)(=O)CCCSc1ncc(-c2ccccc2)n1CC(F)(F)F. The van der Waals surface area contributed by atoms with Crippen LogP contribution in [0.4, 0.5) is 13.2 Å². The lowest BCUT2D eigenvalue weighted by atomic mass is 10.2. The van der Waals surface area contributed by atoms with E-state index in [1.54, 1.807) is 30.3 Å². The number of aromatic nitrogens is 2. The average molecular weight is 407 g/mol. The topological polar surface area (TPSA) is 55.2 Å². The molecule has 0 aliphatic rings. The zero-order chi connectivity index (χ0) is 19.4. The standard InChI is InChI=1S/C16H20F3N3O2S2/c1-21(2)26(23,24)10-6-9-25-15-20-11-14(13-7-4-3-5-8-13)22(15)12-16(17,18)19/h3-5,7-8,11H,6,9-10,12H2,1-2H3. The molecular weight excluding hydrogens is 387 g/mol. The van der Waals surface area contributed by atoms with Gasteiger partial charge in [-0.1, -0.05) is 42.1 Å². The molecule has 0 spiro atoms. The fourth-order valence-corrected chi connectivity index (χ4v) is 4.21. The second-order valence-corrected chi connectivity index (χ2v) is 9.16. The fourth-order valence-electron chi connectivity index (χ4n) is 2.23. The van der Waals surface area contributed by atoms with E-state index in [0.29, 0.717) is 23.4 Å². The van der Waals surface area contributed by atoms with Crippen LogP contribution in [-0.2, 0) is 16.6 Å². The quantitative estimate of drug-likeness (QED) is 0.497. The molecule has 1 heterocycles. The molecule has 5 nitrogen and oxygen atoms in total. The van der Waals surface area contributed by atoms with Gasteiger partial charge in [-0.15, -0.1) is 0 Å². The molecule has 1 aromatic carbocycles. The van der Waals surface area contributed by atoms with Gasteiger partial charge in [-0.25, -0.2) is 17.7 Å². The summed E-state index contributed by atoms with van der Waals surface area (Å²) in [5, 5.41) is 0.225. The molecule has 0 unspecified atom stereocenters. The Morgan fingerprint density at radius 1 is 1.19 bits per heavy atom. The van der Waals surface area contributed by atoms with Gasteiger partial charge in [-0.3, -0.25) is 0 Å². The van der Waals surface area contributed by atoms with Crippen LogP contribution in [-0.4, -0.2) is 54.1 Å². The molecule has 0 amide bonds. The lowest BCUT2D eigenvalue weighted by Crippen LogP contribution is -2.25. The number of rotatable bonds is 8. The van der Waals surface area contributed by atoms with Crippen LogP contribution in [0.5, 0.6) is 0 Å². The van der Waals surface area contributed by atoms with E-state index in [0.717, 1.165) is 20.6 Å². The number of nitrogens with zero attached hydrogens (tertiary/aromatic N) is 3. The van der Waals surface area contributed by atoms with Crippen molar-refractivity contribution in [2.24, 2.45) is 0 Å². The van der Waals surface area contributed by atoms with E-state index in [4.69, 9.17) is 0 Å². The van der Waals surface area contributed by atoms with E-state index in [-0.39, 0.29) is 10.9 Å². The van der Waals surface area contributed by atoms with Crippen molar-refractivity contribution in [3.8, 4) is 11.3 Å². The fraction of sp³-hybridized carbons (Fsp3) is 0.438. The van der Waals surface area contributed by atoms with Gasteiger partial charge in [0.25, 0.3) is 0 Å². The van der Waals surface area contributed by atoms with Gasteiger partial charge in [0.1, 0.15) is 6.54 Å². The van der Waals surface area contributed by atoms with Crippen LogP contribution < -0.4 is 0 Å². The first kappa shape index (κ1) is 20.8. The number of thioether (sulfide) groups is 1. The average Bonchev–Trinajstić information content (AvgIpc) is 2.93. The highest BCUT2D eigenvalue weighted by molar-refractivity contribution is 7.99. The van der Waals surface area contributed by atoms with Gasteiger partial charge < -0.3 is 4.57 Å². The molecule has 1 aromatic heterocycles. The van der Waals surface area contributed by atoms with E-state index in [9.17, 15) is 21.6 Å². The summed E-state index contributed by atoms with van der Waals surface area (Å²) >= 11 is 1.12. The summed E-state index contributed by atoms with van der Waals surface area (Å²) < 4.78 is 64.7. The molecule has 26 heavy (non-hydrogen) atoms. The Hall–Kier alpha value is -1.52. The van der Waals surface area contributed by atoms with Gasteiger partial charge in [0, 0.05) is 19.8 Å². The maximum atomic E-state index is 13.0. The molecule has 0 aliphatic heterocycles. The number of hydrogen-bond donors (Lipinski definition) is 0. The third-order valence-electron chi connectivity index (χ3n) is 3.56. The Morgan fingerprint density at radius 3 is 2.42 bits per heavy atom. The Morgan fingerprint density at radius 2 is 1.85 bits per heavy atom. The summed E-state index contributed by atoms with van der Waals surface area (Å²) in [6.45, 7) is -1.14. The van der Waals surface area contributed by atoms with Crippen molar-refractivity contribution in [1.29, 1.82) is 0 Å². The largest absolute Gasteiger partial charge is 0.406 e. The Kier molecular flexibility index (Phi) is 6.75. The number of halogens is 3. The zero-order valence-electron chi connectivity index (χ0n) is 14.4. The third-order valence-corrected chi connectivity index (χ3v) is 6.55. The monoisotopic (exact) mass is 407 g/mol. The van der Waals surface area contributed by atoms with E-state index >= 15 is 0 Å². The maximum Gasteiger partial charge on any atom is 0.406 e. The number of hydrogen-bond acceptors (Lipinski definition) is 4. The molecule has 0 fully saturated rings. The van der Waals surface area contributed by atoms with Crippen LogP contribution in [0.2, 0.25) is 0 Å². The van der Waals surface area contributed by atoms with Gasteiger partial charge in [0.15, 0.2) is 5.16 Å². The number of alkyl halides is 3. The lowest BCUT2D eigenvalue weighted by molar-refractivity contribution is -0.141. The third kappa shape index (κ3) is 5.75. The second-order valence-electron chi connectivity index (χ2n) is 5.79. The van der Waals surface area contributed by atoms with Crippen LogP contribution in [0.1, 0.15) is 6.42 Å². The van der Waals surface area contributed by atoms with Crippen molar-refractivity contribution in [2.75, 3.05) is 25.6 Å². The van der Waals surface area contributed by atoms with Crippen LogP contribution >= 0.6 is 11.8 Å². The Bertz CT molecular complexity index is 819. The highest BCUT2D eigenvalue weighted by Gasteiger charge is 2.30. The van der Waals surface area contributed by atoms with Crippen molar-refractivity contribution < 1.29 is 21.6 Å². The second kappa shape index (κ2) is 8.45. The number of imidazole rings is 1. The summed E-state index contributed by atoms with van der Waals surface area (Å²) in [5.41, 5.74) is 1.03. The predicted molar refractivity (Wildman–Crippen MR) is 96.5 cm³/mol. The van der Waals surface area contributed by atoms with Crippen LogP contribution in [0.15, 0.2) is 41.7 Å². The van der Waals surface area contributed by atoms with Gasteiger partial charge in [-0.05, 0) is 12.0 Å². The number of benzene rings is 1. The smallest absolute Gasteiger partial charge is 0.310 e. The minimum atomic E-state index is -4.38. The van der Waals surface area contributed by atoms with E-state index < -0.39 is 22.7 Å². The molecule has 2 aromatic rings. The minimum Gasteiger partial charge on any atom is -0.310 e. The first-order chi connectivity index (χ1) is 12.1. The summed E-state index contributed by atoms with van der Waals surface area (Å²) in [5.74, 6) is 0.300. The molecular formula is C16H20F3N3O2S2. The zero-order valence-corrected chi connectivity index (χ0v) is 16.0. The molecule has 0 atom stereocenters. The highest BCUT2D eigenvalue weighted by Crippen LogP contribution is 2.30. The summed E-state index contributed by atoms with van der Waals surface area (Å²) in [6.07, 6.45) is -2.64. The van der Waals surface area contributed by atoms with E-state index in [1.165, 1.54) is 20.3 Å². The van der Waals surface area contributed by atoms with E-state index in [2.05, 4.69) is 4.98 Å². The van der Waals surface area contributed by atoms with Gasteiger partial charge in [-0.2, -0.15) is 13.2 Å². The van der Waals surface area contributed by atoms with Crippen molar-refractivity contribution >= 4 is 21.8 Å². The molecule has 2 rings (SSSR count). The predicted octanol–water partition coefficient (Wildman–Crippen LogP) is 3.49. The highest BCUT2D eigenvalue weighted by atomic mass is 32.2. The Balaban J connectivity index is 2.14. The summed E-state index contributed by atoms with van der Waals surface area (Å²) in [7, 11) is -0.418. The molecule has 10 heteroatoms. The summed E-state index contributed by atoms with van der Waals surface area (Å²) in [6, 6.07) is 8.73. The molecule has 0 aliphatic carbocycles. The van der Waals surface area contributed by atoms with E-state index in [1.807, 2.05) is 0 Å². The van der Waals surface area contributed by atoms with Gasteiger partial charge in [0.05, 0.1) is 17.6 Å². The minimum absolute atomic E-state index is 0.0570.